The molecular formula is C17H14Cl2N2O4. The third kappa shape index (κ3) is 4.95. The van der Waals surface area contributed by atoms with Gasteiger partial charge in [0.2, 0.25) is 0 Å². The molecule has 0 saturated heterocycles. The number of hydrazine groups is 1. The molecule has 0 bridgehead atoms. The molecule has 0 unspecified atom stereocenters. The number of benzene rings is 2. The molecule has 0 aliphatic rings. The Bertz CT molecular complexity index is 776. The van der Waals surface area contributed by atoms with Crippen LogP contribution in [0.25, 0.3) is 0 Å². The van der Waals surface area contributed by atoms with E-state index in [0.717, 1.165) is 0 Å². The lowest BCUT2D eigenvalue weighted by atomic mass is 10.2. The quantitative estimate of drug-likeness (QED) is 0.630. The van der Waals surface area contributed by atoms with Crippen LogP contribution in [0.1, 0.15) is 27.6 Å². The highest BCUT2D eigenvalue weighted by Gasteiger charge is 2.22. The SMILES string of the molecule is C[C@@H](OC(=O)c1c(Cl)cccc1Cl)C(=O)NNC(=O)c1ccccc1. The van der Waals surface area contributed by atoms with Gasteiger partial charge in [-0.05, 0) is 31.2 Å². The summed E-state index contributed by atoms with van der Waals surface area (Å²) in [7, 11) is 0. The molecule has 2 rings (SSSR count). The van der Waals surface area contributed by atoms with Crippen molar-refractivity contribution >= 4 is 41.0 Å². The van der Waals surface area contributed by atoms with Crippen LogP contribution in [-0.2, 0) is 9.53 Å². The smallest absolute Gasteiger partial charge is 0.341 e. The van der Waals surface area contributed by atoms with Gasteiger partial charge in [-0.1, -0.05) is 47.5 Å². The molecule has 6 nitrogen and oxygen atoms in total. The van der Waals surface area contributed by atoms with Crippen LogP contribution in [0.2, 0.25) is 10.0 Å². The first kappa shape index (κ1) is 18.8. The molecule has 0 spiro atoms. The molecule has 2 aromatic rings. The maximum atomic E-state index is 12.1. The van der Waals surface area contributed by atoms with Crippen molar-refractivity contribution < 1.29 is 19.1 Å². The second-order valence-corrected chi connectivity index (χ2v) is 5.77. The fourth-order valence-corrected chi connectivity index (χ4v) is 2.40. The van der Waals surface area contributed by atoms with Gasteiger partial charge in [0.1, 0.15) is 0 Å². The zero-order valence-electron chi connectivity index (χ0n) is 13.1. The molecule has 8 heteroatoms. The second kappa shape index (κ2) is 8.50. The number of rotatable bonds is 4. The largest absolute Gasteiger partial charge is 0.449 e. The van der Waals surface area contributed by atoms with Gasteiger partial charge in [0.05, 0.1) is 15.6 Å². The highest BCUT2D eigenvalue weighted by atomic mass is 35.5. The van der Waals surface area contributed by atoms with E-state index in [-0.39, 0.29) is 15.6 Å². The van der Waals surface area contributed by atoms with Crippen molar-refractivity contribution in [2.45, 2.75) is 13.0 Å². The molecule has 130 valence electrons. The first-order valence-electron chi connectivity index (χ1n) is 7.20. The Labute approximate surface area is 154 Å². The molecule has 0 fully saturated rings. The molecule has 0 aliphatic heterocycles. The third-order valence-corrected chi connectivity index (χ3v) is 3.79. The van der Waals surface area contributed by atoms with Crippen LogP contribution >= 0.6 is 23.2 Å². The van der Waals surface area contributed by atoms with Crippen molar-refractivity contribution in [3.8, 4) is 0 Å². The van der Waals surface area contributed by atoms with Crippen LogP contribution < -0.4 is 10.9 Å². The van der Waals surface area contributed by atoms with E-state index in [1.807, 2.05) is 0 Å². The van der Waals surface area contributed by atoms with Crippen molar-refractivity contribution in [3.63, 3.8) is 0 Å². The van der Waals surface area contributed by atoms with Gasteiger partial charge in [0.25, 0.3) is 11.8 Å². The van der Waals surface area contributed by atoms with Crippen molar-refractivity contribution in [3.05, 3.63) is 69.7 Å². The van der Waals surface area contributed by atoms with Gasteiger partial charge in [-0.3, -0.25) is 20.4 Å². The van der Waals surface area contributed by atoms with Gasteiger partial charge < -0.3 is 4.74 Å². The van der Waals surface area contributed by atoms with E-state index in [0.29, 0.717) is 5.56 Å². The topological polar surface area (TPSA) is 84.5 Å². The summed E-state index contributed by atoms with van der Waals surface area (Å²) >= 11 is 11.8. The first-order valence-corrected chi connectivity index (χ1v) is 7.96. The lowest BCUT2D eigenvalue weighted by molar-refractivity contribution is -0.129. The molecule has 2 aromatic carbocycles. The maximum absolute atomic E-state index is 12.1. The summed E-state index contributed by atoms with van der Waals surface area (Å²) in [6, 6.07) is 12.9. The molecule has 0 aromatic heterocycles. The zero-order chi connectivity index (χ0) is 18.4. The Morgan fingerprint density at radius 2 is 1.52 bits per heavy atom. The van der Waals surface area contributed by atoms with Crippen LogP contribution in [0.15, 0.2) is 48.5 Å². The van der Waals surface area contributed by atoms with Gasteiger partial charge in [0.15, 0.2) is 6.10 Å². The molecule has 1 atom stereocenters. The van der Waals surface area contributed by atoms with Crippen molar-refractivity contribution in [2.24, 2.45) is 0 Å². The zero-order valence-corrected chi connectivity index (χ0v) is 14.6. The van der Waals surface area contributed by atoms with Crippen LogP contribution in [0.5, 0.6) is 0 Å². The number of carbonyl (C=O) groups is 3. The van der Waals surface area contributed by atoms with Gasteiger partial charge in [-0.15, -0.1) is 0 Å². The summed E-state index contributed by atoms with van der Waals surface area (Å²) in [5, 5.41) is 0.227. The Morgan fingerprint density at radius 1 is 0.920 bits per heavy atom. The molecular weight excluding hydrogens is 367 g/mol. The van der Waals surface area contributed by atoms with Crippen molar-refractivity contribution in [1.29, 1.82) is 0 Å². The number of hydrogen-bond donors (Lipinski definition) is 2. The first-order chi connectivity index (χ1) is 11.9. The van der Waals surface area contributed by atoms with Gasteiger partial charge in [-0.2, -0.15) is 0 Å². The van der Waals surface area contributed by atoms with Gasteiger partial charge in [0, 0.05) is 5.56 Å². The number of carbonyl (C=O) groups excluding carboxylic acids is 3. The Morgan fingerprint density at radius 3 is 2.12 bits per heavy atom. The second-order valence-electron chi connectivity index (χ2n) is 4.95. The molecule has 2 amide bonds. The van der Waals surface area contributed by atoms with Crippen LogP contribution in [0.4, 0.5) is 0 Å². The predicted octanol–water partition coefficient (Wildman–Crippen LogP) is 3.00. The van der Waals surface area contributed by atoms with Crippen LogP contribution in [0, 0.1) is 0 Å². The number of ether oxygens (including phenoxy) is 1. The lowest BCUT2D eigenvalue weighted by Gasteiger charge is -2.15. The molecule has 0 saturated carbocycles. The van der Waals surface area contributed by atoms with E-state index >= 15 is 0 Å². The molecule has 0 aliphatic carbocycles. The summed E-state index contributed by atoms with van der Waals surface area (Å²) < 4.78 is 5.03. The van der Waals surface area contributed by atoms with E-state index < -0.39 is 23.9 Å². The fourth-order valence-electron chi connectivity index (χ4n) is 1.85. The minimum absolute atomic E-state index is 0.0289. The summed E-state index contributed by atoms with van der Waals surface area (Å²) in [6.45, 7) is 1.35. The van der Waals surface area contributed by atoms with Crippen LogP contribution in [-0.4, -0.2) is 23.9 Å². The van der Waals surface area contributed by atoms with Crippen LogP contribution in [0.3, 0.4) is 0 Å². The number of amides is 2. The van der Waals surface area contributed by atoms with Crippen molar-refractivity contribution in [2.75, 3.05) is 0 Å². The van der Waals surface area contributed by atoms with E-state index in [9.17, 15) is 14.4 Å². The number of nitrogens with one attached hydrogen (secondary N) is 2. The van der Waals surface area contributed by atoms with E-state index in [1.165, 1.54) is 19.1 Å². The standard InChI is InChI=1S/C17H14Cl2N2O4/c1-10(25-17(24)14-12(18)8-5-9-13(14)19)15(22)20-21-16(23)11-6-3-2-4-7-11/h2-10H,1H3,(H,20,22)(H,21,23)/t10-/m1/s1. The summed E-state index contributed by atoms with van der Waals surface area (Å²) in [6.07, 6.45) is -1.17. The van der Waals surface area contributed by atoms with E-state index in [1.54, 1.807) is 36.4 Å². The fraction of sp³-hybridized carbons (Fsp3) is 0.118. The monoisotopic (exact) mass is 380 g/mol. The van der Waals surface area contributed by atoms with Gasteiger partial charge in [-0.25, -0.2) is 4.79 Å². The lowest BCUT2D eigenvalue weighted by Crippen LogP contribution is -2.46. The highest BCUT2D eigenvalue weighted by Crippen LogP contribution is 2.25. The summed E-state index contributed by atoms with van der Waals surface area (Å²) in [4.78, 5) is 35.9. The van der Waals surface area contributed by atoms with E-state index in [2.05, 4.69) is 10.9 Å². The number of esters is 1. The molecule has 0 radical (unpaired) electrons. The molecule has 2 N–H and O–H groups in total. The normalized spacial score (nSPS) is 11.3. The average molecular weight is 381 g/mol. The molecule has 0 heterocycles. The summed E-state index contributed by atoms with van der Waals surface area (Å²) in [5.41, 5.74) is 4.76. The van der Waals surface area contributed by atoms with E-state index in [4.69, 9.17) is 27.9 Å². The Kier molecular flexibility index (Phi) is 6.38. The highest BCUT2D eigenvalue weighted by molar-refractivity contribution is 6.39. The Hall–Kier alpha value is -2.57. The maximum Gasteiger partial charge on any atom is 0.341 e. The Balaban J connectivity index is 1.92. The minimum atomic E-state index is -1.17. The number of hydrogen-bond acceptors (Lipinski definition) is 4. The predicted molar refractivity (Wildman–Crippen MR) is 93.4 cm³/mol. The summed E-state index contributed by atoms with van der Waals surface area (Å²) in [5.74, 6) is -2.05. The molecule has 25 heavy (non-hydrogen) atoms. The number of halogens is 2. The van der Waals surface area contributed by atoms with Crippen molar-refractivity contribution in [1.82, 2.24) is 10.9 Å². The minimum Gasteiger partial charge on any atom is -0.449 e. The van der Waals surface area contributed by atoms with Gasteiger partial charge >= 0.3 is 5.97 Å². The average Bonchev–Trinajstić information content (AvgIpc) is 2.59. The third-order valence-electron chi connectivity index (χ3n) is 3.16.